The second-order valence-electron chi connectivity index (χ2n) is 9.84. The molecule has 2 aromatic rings. The van der Waals surface area contributed by atoms with Gasteiger partial charge in [-0.15, -0.1) is 0 Å². The van der Waals surface area contributed by atoms with E-state index in [0.29, 0.717) is 24.2 Å². The van der Waals surface area contributed by atoms with E-state index in [4.69, 9.17) is 9.47 Å². The molecule has 1 saturated carbocycles. The number of hydrogen-bond donors (Lipinski definition) is 1. The summed E-state index contributed by atoms with van der Waals surface area (Å²) in [6.07, 6.45) is 9.09. The Hall–Kier alpha value is -2.31. The van der Waals surface area contributed by atoms with Gasteiger partial charge in [-0.1, -0.05) is 6.07 Å². The topological polar surface area (TPSA) is 49.9 Å². The van der Waals surface area contributed by atoms with Crippen molar-refractivity contribution in [3.05, 3.63) is 42.1 Å². The summed E-state index contributed by atoms with van der Waals surface area (Å²) in [5.41, 5.74) is 5.02. The number of ether oxygens (including phenoxy) is 2. The minimum atomic E-state index is 0.393. The Labute approximate surface area is 190 Å². The number of benzene rings is 1. The number of nitrogens with zero attached hydrogens (tertiary/aromatic N) is 3. The Balaban J connectivity index is 1.30. The quantitative estimate of drug-likeness (QED) is 0.735. The fraction of sp³-hybridized carbons (Fsp3) is 0.577. The molecule has 2 unspecified atom stereocenters. The first-order chi connectivity index (χ1) is 15.7. The van der Waals surface area contributed by atoms with Crippen LogP contribution in [0, 0.1) is 5.92 Å². The minimum Gasteiger partial charge on any atom is -0.378 e. The lowest BCUT2D eigenvalue weighted by atomic mass is 10.1. The molecule has 170 valence electrons. The third kappa shape index (κ3) is 3.95. The molecule has 4 atom stereocenters. The lowest BCUT2D eigenvalue weighted by Crippen LogP contribution is -2.42. The monoisotopic (exact) mass is 434 g/mol. The van der Waals surface area contributed by atoms with Gasteiger partial charge in [-0.05, 0) is 69.2 Å². The highest BCUT2D eigenvalue weighted by Crippen LogP contribution is 2.40. The summed E-state index contributed by atoms with van der Waals surface area (Å²) in [6, 6.07) is 11.2. The number of fused-ring (bicyclic) bond motifs is 4. The third-order valence-corrected chi connectivity index (χ3v) is 7.61. The molecule has 6 nitrogen and oxygen atoms in total. The maximum atomic E-state index is 6.08. The molecule has 1 aromatic carbocycles. The summed E-state index contributed by atoms with van der Waals surface area (Å²) in [7, 11) is 0. The Morgan fingerprint density at radius 1 is 1.12 bits per heavy atom. The van der Waals surface area contributed by atoms with E-state index in [1.54, 1.807) is 0 Å². The molecule has 1 aliphatic carbocycles. The van der Waals surface area contributed by atoms with Gasteiger partial charge in [0.1, 0.15) is 5.82 Å². The second kappa shape index (κ2) is 8.56. The van der Waals surface area contributed by atoms with E-state index >= 15 is 0 Å². The van der Waals surface area contributed by atoms with E-state index < -0.39 is 0 Å². The molecule has 4 heterocycles. The van der Waals surface area contributed by atoms with Gasteiger partial charge in [-0.2, -0.15) is 0 Å². The number of morpholine rings is 1. The van der Waals surface area contributed by atoms with Crippen LogP contribution in [-0.4, -0.2) is 49.5 Å². The van der Waals surface area contributed by atoms with Crippen LogP contribution in [0.4, 0.5) is 22.9 Å². The summed E-state index contributed by atoms with van der Waals surface area (Å²) in [4.78, 5) is 9.74. The lowest BCUT2D eigenvalue weighted by Gasteiger charge is -2.35. The molecule has 0 amide bonds. The van der Waals surface area contributed by atoms with Gasteiger partial charge >= 0.3 is 0 Å². The van der Waals surface area contributed by atoms with Crippen molar-refractivity contribution in [3.8, 4) is 0 Å². The number of pyridine rings is 1. The van der Waals surface area contributed by atoms with Crippen LogP contribution in [-0.2, 0) is 16.0 Å². The van der Waals surface area contributed by atoms with Crippen LogP contribution < -0.4 is 15.1 Å². The van der Waals surface area contributed by atoms with Gasteiger partial charge in [-0.25, -0.2) is 4.98 Å². The molecule has 2 bridgehead atoms. The van der Waals surface area contributed by atoms with Crippen LogP contribution in [0.1, 0.15) is 44.6 Å². The van der Waals surface area contributed by atoms with Gasteiger partial charge in [-0.3, -0.25) is 0 Å². The first-order valence-corrected chi connectivity index (χ1v) is 12.4. The van der Waals surface area contributed by atoms with E-state index in [0.717, 1.165) is 44.3 Å². The normalized spacial score (nSPS) is 28.8. The number of rotatable bonds is 5. The molecular weight excluding hydrogens is 400 g/mol. The Bertz CT molecular complexity index is 955. The van der Waals surface area contributed by atoms with E-state index in [-0.39, 0.29) is 0 Å². The van der Waals surface area contributed by atoms with Crippen LogP contribution in [0.25, 0.3) is 0 Å². The SMILES string of the molecule is CCO[C@@H]1CC[C@H](CN2Cc3cccnc3Nc3ccc(N4CC5CCC(C4)O5)cc32)C1. The van der Waals surface area contributed by atoms with Crippen molar-refractivity contribution in [2.75, 3.05) is 41.4 Å². The van der Waals surface area contributed by atoms with Crippen molar-refractivity contribution in [3.63, 3.8) is 0 Å². The fourth-order valence-electron chi connectivity index (χ4n) is 6.06. The highest BCUT2D eigenvalue weighted by Gasteiger charge is 2.34. The van der Waals surface area contributed by atoms with Gasteiger partial charge in [0, 0.05) is 50.2 Å². The predicted molar refractivity (Wildman–Crippen MR) is 128 cm³/mol. The van der Waals surface area contributed by atoms with Crippen LogP contribution in [0.15, 0.2) is 36.5 Å². The average Bonchev–Trinajstić information content (AvgIpc) is 3.35. The molecule has 6 heteroatoms. The van der Waals surface area contributed by atoms with Crippen molar-refractivity contribution in [1.29, 1.82) is 0 Å². The molecule has 32 heavy (non-hydrogen) atoms. The Morgan fingerprint density at radius 2 is 2.00 bits per heavy atom. The van der Waals surface area contributed by atoms with Crippen LogP contribution in [0.2, 0.25) is 0 Å². The molecule has 1 aromatic heterocycles. The maximum Gasteiger partial charge on any atom is 0.135 e. The van der Waals surface area contributed by atoms with E-state index in [1.165, 1.54) is 49.0 Å². The molecule has 3 fully saturated rings. The summed E-state index contributed by atoms with van der Waals surface area (Å²) in [6.45, 7) is 6.87. The maximum absolute atomic E-state index is 6.08. The molecule has 0 radical (unpaired) electrons. The standard InChI is InChI=1S/C26H34N4O2/c1-2-31-21-7-5-18(12-21)14-30-15-19-4-3-11-27-26(19)28-24-10-6-20(13-25(24)30)29-16-22-8-9-23(17-29)32-22/h3-4,6,10-11,13,18,21-23H,2,5,7-9,12,14-17H2,1H3,(H,27,28)/t18-,21+,22?,23?/m0/s1. The highest BCUT2D eigenvalue weighted by molar-refractivity contribution is 5.81. The van der Waals surface area contributed by atoms with E-state index in [2.05, 4.69) is 51.3 Å². The van der Waals surface area contributed by atoms with Crippen molar-refractivity contribution in [2.24, 2.45) is 5.92 Å². The molecule has 1 N–H and O–H groups in total. The predicted octanol–water partition coefficient (Wildman–Crippen LogP) is 4.72. The zero-order valence-corrected chi connectivity index (χ0v) is 19.0. The second-order valence-corrected chi connectivity index (χ2v) is 9.84. The summed E-state index contributed by atoms with van der Waals surface area (Å²) < 4.78 is 12.0. The van der Waals surface area contributed by atoms with E-state index in [1.807, 2.05) is 12.3 Å². The first-order valence-electron chi connectivity index (χ1n) is 12.4. The van der Waals surface area contributed by atoms with Gasteiger partial charge in [0.15, 0.2) is 0 Å². The number of aromatic nitrogens is 1. The van der Waals surface area contributed by atoms with E-state index in [9.17, 15) is 0 Å². The van der Waals surface area contributed by atoms with Gasteiger partial charge in [0.2, 0.25) is 0 Å². The van der Waals surface area contributed by atoms with Gasteiger partial charge in [0.05, 0.1) is 29.7 Å². The summed E-state index contributed by atoms with van der Waals surface area (Å²) in [5.74, 6) is 1.65. The molecule has 4 aliphatic rings. The number of anilines is 4. The van der Waals surface area contributed by atoms with Crippen LogP contribution in [0.3, 0.4) is 0 Å². The van der Waals surface area contributed by atoms with Gasteiger partial charge < -0.3 is 24.6 Å². The van der Waals surface area contributed by atoms with Crippen molar-refractivity contribution in [2.45, 2.75) is 63.9 Å². The fourth-order valence-corrected chi connectivity index (χ4v) is 6.06. The zero-order valence-electron chi connectivity index (χ0n) is 19.0. The largest absolute Gasteiger partial charge is 0.378 e. The average molecular weight is 435 g/mol. The summed E-state index contributed by atoms with van der Waals surface area (Å²) >= 11 is 0. The van der Waals surface area contributed by atoms with Gasteiger partial charge in [0.25, 0.3) is 0 Å². The van der Waals surface area contributed by atoms with Crippen LogP contribution in [0.5, 0.6) is 0 Å². The smallest absolute Gasteiger partial charge is 0.135 e. The Kier molecular flexibility index (Phi) is 5.43. The Morgan fingerprint density at radius 3 is 2.84 bits per heavy atom. The van der Waals surface area contributed by atoms with Crippen molar-refractivity contribution < 1.29 is 9.47 Å². The van der Waals surface area contributed by atoms with Crippen LogP contribution >= 0.6 is 0 Å². The molecular formula is C26H34N4O2. The first kappa shape index (κ1) is 20.3. The number of hydrogen-bond acceptors (Lipinski definition) is 6. The minimum absolute atomic E-state index is 0.393. The third-order valence-electron chi connectivity index (χ3n) is 7.61. The molecule has 0 spiro atoms. The van der Waals surface area contributed by atoms with Crippen molar-refractivity contribution in [1.82, 2.24) is 4.98 Å². The zero-order chi connectivity index (χ0) is 21.5. The molecule has 3 aliphatic heterocycles. The van der Waals surface area contributed by atoms with Crippen molar-refractivity contribution >= 4 is 22.9 Å². The highest BCUT2D eigenvalue weighted by atomic mass is 16.5. The summed E-state index contributed by atoms with van der Waals surface area (Å²) in [5, 5.41) is 3.63. The molecule has 6 rings (SSSR count). The molecule has 2 saturated heterocycles. The lowest BCUT2D eigenvalue weighted by molar-refractivity contribution is 0.0305. The number of nitrogens with one attached hydrogen (secondary N) is 1.